The van der Waals surface area contributed by atoms with Gasteiger partial charge >= 0.3 is 0 Å². The maximum Gasteiger partial charge on any atom is 0.243 e. The van der Waals surface area contributed by atoms with Crippen LogP contribution in [0.5, 0.6) is 0 Å². The first-order valence-electron chi connectivity index (χ1n) is 7.57. The number of hydrogen-bond acceptors (Lipinski definition) is 2. The van der Waals surface area contributed by atoms with Crippen molar-refractivity contribution in [2.24, 2.45) is 11.8 Å². The van der Waals surface area contributed by atoms with Crippen LogP contribution in [0.3, 0.4) is 0 Å². The van der Waals surface area contributed by atoms with Gasteiger partial charge in [0, 0.05) is 12.6 Å². The molecular weight excluding hydrogens is 270 g/mol. The van der Waals surface area contributed by atoms with Crippen LogP contribution >= 0.6 is 0 Å². The molecule has 1 aliphatic carbocycles. The highest BCUT2D eigenvalue weighted by Crippen LogP contribution is 2.41. The highest BCUT2D eigenvalue weighted by Gasteiger charge is 2.43. The summed E-state index contributed by atoms with van der Waals surface area (Å²) < 4.78 is 27.6. The summed E-state index contributed by atoms with van der Waals surface area (Å²) in [7, 11) is -3.33. The first-order chi connectivity index (χ1) is 9.48. The average molecular weight is 293 g/mol. The van der Waals surface area contributed by atoms with Gasteiger partial charge in [0.05, 0.1) is 4.90 Å². The van der Waals surface area contributed by atoms with E-state index in [0.29, 0.717) is 23.3 Å². The molecule has 0 radical (unpaired) electrons. The van der Waals surface area contributed by atoms with Gasteiger partial charge in [-0.05, 0) is 50.2 Å². The monoisotopic (exact) mass is 293 g/mol. The summed E-state index contributed by atoms with van der Waals surface area (Å²) in [6.45, 7) is 4.83. The zero-order chi connectivity index (χ0) is 14.3. The van der Waals surface area contributed by atoms with Gasteiger partial charge < -0.3 is 0 Å². The van der Waals surface area contributed by atoms with Crippen LogP contribution in [0.2, 0.25) is 0 Å². The Bertz CT molecular complexity index is 579. The molecule has 0 bridgehead atoms. The van der Waals surface area contributed by atoms with Gasteiger partial charge in [-0.2, -0.15) is 4.31 Å². The fourth-order valence-corrected chi connectivity index (χ4v) is 5.66. The zero-order valence-electron chi connectivity index (χ0n) is 12.2. The molecule has 3 rings (SSSR count). The van der Waals surface area contributed by atoms with Crippen LogP contribution < -0.4 is 0 Å². The number of nitrogens with zero attached hydrogens (tertiary/aromatic N) is 1. The van der Waals surface area contributed by atoms with Gasteiger partial charge in [-0.1, -0.05) is 31.0 Å². The molecule has 3 nitrogen and oxygen atoms in total. The number of aryl methyl sites for hydroxylation is 1. The number of hydrogen-bond donors (Lipinski definition) is 0. The second-order valence-corrected chi connectivity index (χ2v) is 8.38. The quantitative estimate of drug-likeness (QED) is 0.839. The summed E-state index contributed by atoms with van der Waals surface area (Å²) in [5, 5.41) is 0. The van der Waals surface area contributed by atoms with E-state index < -0.39 is 10.0 Å². The van der Waals surface area contributed by atoms with Crippen molar-refractivity contribution in [2.45, 2.75) is 50.5 Å². The first-order valence-corrected chi connectivity index (χ1v) is 9.01. The maximum atomic E-state index is 12.9. The van der Waals surface area contributed by atoms with Crippen LogP contribution in [-0.2, 0) is 10.0 Å². The standard InChI is InChI=1S/C16H23NO2S/c1-12-6-8-15(9-7-12)20(18,19)17-11-13(2)10-14-4-3-5-16(14)17/h6-9,13-14,16H,3-5,10-11H2,1-2H3/t13-,14+,16-/m0/s1. The van der Waals surface area contributed by atoms with E-state index in [0.717, 1.165) is 12.0 Å². The van der Waals surface area contributed by atoms with Gasteiger partial charge in [0.15, 0.2) is 0 Å². The van der Waals surface area contributed by atoms with E-state index >= 15 is 0 Å². The van der Waals surface area contributed by atoms with Crippen LogP contribution in [0.25, 0.3) is 0 Å². The minimum Gasteiger partial charge on any atom is -0.207 e. The summed E-state index contributed by atoms with van der Waals surface area (Å²) in [6, 6.07) is 7.48. The lowest BCUT2D eigenvalue weighted by Crippen LogP contribution is -2.48. The van der Waals surface area contributed by atoms with Crippen molar-refractivity contribution in [1.82, 2.24) is 4.31 Å². The molecule has 2 fully saturated rings. The molecule has 1 aliphatic heterocycles. The van der Waals surface area contributed by atoms with E-state index in [4.69, 9.17) is 0 Å². The SMILES string of the molecule is Cc1ccc(S(=O)(=O)N2C[C@@H](C)C[C@H]3CCC[C@@H]32)cc1. The Kier molecular flexibility index (Phi) is 3.63. The molecule has 1 saturated heterocycles. The number of sulfonamides is 1. The summed E-state index contributed by atoms with van der Waals surface area (Å²) in [5.74, 6) is 1.04. The Morgan fingerprint density at radius 3 is 2.55 bits per heavy atom. The highest BCUT2D eigenvalue weighted by atomic mass is 32.2. The zero-order valence-corrected chi connectivity index (χ0v) is 13.1. The minimum atomic E-state index is -3.33. The van der Waals surface area contributed by atoms with Gasteiger partial charge in [-0.25, -0.2) is 8.42 Å². The Labute approximate surface area is 122 Å². The lowest BCUT2D eigenvalue weighted by Gasteiger charge is -2.39. The molecular formula is C16H23NO2S. The molecule has 4 heteroatoms. The van der Waals surface area contributed by atoms with Crippen LogP contribution in [0.4, 0.5) is 0 Å². The molecule has 20 heavy (non-hydrogen) atoms. The molecule has 0 N–H and O–H groups in total. The van der Waals surface area contributed by atoms with Crippen molar-refractivity contribution < 1.29 is 8.42 Å². The van der Waals surface area contributed by atoms with Crippen molar-refractivity contribution in [3.05, 3.63) is 29.8 Å². The number of fused-ring (bicyclic) bond motifs is 1. The van der Waals surface area contributed by atoms with Gasteiger partial charge in [0.1, 0.15) is 0 Å². The largest absolute Gasteiger partial charge is 0.243 e. The van der Waals surface area contributed by atoms with Gasteiger partial charge in [-0.3, -0.25) is 0 Å². The highest BCUT2D eigenvalue weighted by molar-refractivity contribution is 7.89. The summed E-state index contributed by atoms with van der Waals surface area (Å²) in [5.41, 5.74) is 1.09. The normalized spacial score (nSPS) is 31.2. The molecule has 0 unspecified atom stereocenters. The summed E-state index contributed by atoms with van der Waals surface area (Å²) in [6.07, 6.45) is 4.57. The van der Waals surface area contributed by atoms with E-state index in [-0.39, 0.29) is 6.04 Å². The minimum absolute atomic E-state index is 0.234. The predicted molar refractivity (Wildman–Crippen MR) is 80.0 cm³/mol. The van der Waals surface area contributed by atoms with E-state index in [1.165, 1.54) is 19.3 Å². The Hall–Kier alpha value is -0.870. The van der Waals surface area contributed by atoms with Crippen LogP contribution in [0, 0.1) is 18.8 Å². The molecule has 0 spiro atoms. The summed E-state index contributed by atoms with van der Waals surface area (Å²) >= 11 is 0. The van der Waals surface area contributed by atoms with E-state index in [2.05, 4.69) is 6.92 Å². The second kappa shape index (κ2) is 5.15. The molecule has 3 atom stereocenters. The lowest BCUT2D eigenvalue weighted by atomic mass is 9.87. The average Bonchev–Trinajstić information content (AvgIpc) is 2.86. The van der Waals surface area contributed by atoms with Crippen molar-refractivity contribution in [2.75, 3.05) is 6.54 Å². The molecule has 1 saturated carbocycles. The van der Waals surface area contributed by atoms with Crippen LogP contribution in [0.15, 0.2) is 29.2 Å². The Morgan fingerprint density at radius 2 is 1.85 bits per heavy atom. The number of piperidine rings is 1. The molecule has 0 aromatic heterocycles. The van der Waals surface area contributed by atoms with Gasteiger partial charge in [0.2, 0.25) is 10.0 Å². The topological polar surface area (TPSA) is 37.4 Å². The molecule has 2 aliphatic rings. The fourth-order valence-electron chi connectivity index (χ4n) is 3.83. The smallest absolute Gasteiger partial charge is 0.207 e. The second-order valence-electron chi connectivity index (χ2n) is 6.49. The Balaban J connectivity index is 1.95. The van der Waals surface area contributed by atoms with Crippen LogP contribution in [-0.4, -0.2) is 25.3 Å². The third kappa shape index (κ3) is 2.40. The molecule has 0 amide bonds. The first kappa shape index (κ1) is 14.1. The Morgan fingerprint density at radius 1 is 1.15 bits per heavy atom. The van der Waals surface area contributed by atoms with Crippen molar-refractivity contribution in [3.63, 3.8) is 0 Å². The van der Waals surface area contributed by atoms with Crippen molar-refractivity contribution >= 4 is 10.0 Å². The molecule has 1 heterocycles. The molecule has 110 valence electrons. The predicted octanol–water partition coefficient (Wildman–Crippen LogP) is 3.19. The van der Waals surface area contributed by atoms with Gasteiger partial charge in [-0.15, -0.1) is 0 Å². The van der Waals surface area contributed by atoms with Crippen molar-refractivity contribution in [3.8, 4) is 0 Å². The summed E-state index contributed by atoms with van der Waals surface area (Å²) in [4.78, 5) is 0.447. The third-order valence-corrected chi connectivity index (χ3v) is 6.72. The van der Waals surface area contributed by atoms with E-state index in [9.17, 15) is 8.42 Å². The fraction of sp³-hybridized carbons (Fsp3) is 0.625. The van der Waals surface area contributed by atoms with Crippen molar-refractivity contribution in [1.29, 1.82) is 0 Å². The number of benzene rings is 1. The number of rotatable bonds is 2. The maximum absolute atomic E-state index is 12.9. The molecule has 1 aromatic rings. The van der Waals surface area contributed by atoms with Crippen LogP contribution in [0.1, 0.15) is 38.2 Å². The lowest BCUT2D eigenvalue weighted by molar-refractivity contribution is 0.157. The third-order valence-electron chi connectivity index (χ3n) is 4.81. The van der Waals surface area contributed by atoms with Gasteiger partial charge in [0.25, 0.3) is 0 Å². The van der Waals surface area contributed by atoms with E-state index in [1.54, 1.807) is 16.4 Å². The van der Waals surface area contributed by atoms with E-state index in [1.807, 2.05) is 19.1 Å². The molecule has 1 aromatic carbocycles.